The summed E-state index contributed by atoms with van der Waals surface area (Å²) in [6.45, 7) is 5.73. The van der Waals surface area contributed by atoms with E-state index in [0.717, 1.165) is 0 Å². The maximum absolute atomic E-state index is 5.57. The van der Waals surface area contributed by atoms with E-state index in [4.69, 9.17) is 42.0 Å². The van der Waals surface area contributed by atoms with Gasteiger partial charge in [0.15, 0.2) is 0 Å². The van der Waals surface area contributed by atoms with Gasteiger partial charge in [0.1, 0.15) is 0 Å². The molecule has 0 unspecified atom stereocenters. The number of rotatable bonds is 21. The van der Waals surface area contributed by atoms with E-state index in [1.807, 2.05) is 0 Å². The second-order valence-electron chi connectivity index (χ2n) is 4.54. The Hall–Kier alpha value is 0.0700. The van der Waals surface area contributed by atoms with Crippen molar-refractivity contribution in [2.45, 2.75) is 0 Å². The predicted molar refractivity (Wildman–Crippen MR) is 92.9 cm³/mol. The molecule has 10 heteroatoms. The average Bonchev–Trinajstić information content (AvgIpc) is 2.63. The molecule has 0 bridgehead atoms. The Morgan fingerprint density at radius 3 is 0.960 bits per heavy atom. The summed E-state index contributed by atoms with van der Waals surface area (Å²) in [5.74, 6) is 0. The molecular weight excluding hydrogens is 355 g/mol. The monoisotopic (exact) mass is 388 g/mol. The molecule has 0 aromatic rings. The maximum Gasteiger partial charge on any atom is 0.332 e. The highest BCUT2D eigenvalue weighted by molar-refractivity contribution is 7.41. The first-order valence-corrected chi connectivity index (χ1v) is 9.33. The molecule has 0 aliphatic heterocycles. The van der Waals surface area contributed by atoms with Crippen molar-refractivity contribution in [3.63, 3.8) is 0 Å². The van der Waals surface area contributed by atoms with Gasteiger partial charge in [-0.15, -0.1) is 0 Å². The highest BCUT2D eigenvalue weighted by atomic mass is 31.2. The fourth-order valence-corrected chi connectivity index (χ4v) is 2.25. The SMILES string of the molecule is COCCOCCOP(OCCOCCOC)OCCOCCOC. The summed E-state index contributed by atoms with van der Waals surface area (Å²) >= 11 is 0. The van der Waals surface area contributed by atoms with E-state index in [2.05, 4.69) is 0 Å². The summed E-state index contributed by atoms with van der Waals surface area (Å²) in [6.07, 6.45) is 0. The minimum atomic E-state index is -1.47. The van der Waals surface area contributed by atoms with Gasteiger partial charge in [-0.25, -0.2) is 0 Å². The normalized spacial score (nSPS) is 11.5. The van der Waals surface area contributed by atoms with E-state index in [0.29, 0.717) is 79.3 Å². The van der Waals surface area contributed by atoms with E-state index >= 15 is 0 Å². The highest BCUT2D eigenvalue weighted by Gasteiger charge is 2.12. The summed E-state index contributed by atoms with van der Waals surface area (Å²) in [5, 5.41) is 0. The lowest BCUT2D eigenvalue weighted by atomic mass is 10.7. The predicted octanol–water partition coefficient (Wildman–Crippen LogP) is 1.25. The van der Waals surface area contributed by atoms with E-state index in [1.165, 1.54) is 0 Å². The molecule has 0 spiro atoms. The molecule has 0 rings (SSSR count). The second kappa shape index (κ2) is 22.1. The molecule has 0 fully saturated rings. The van der Waals surface area contributed by atoms with Crippen LogP contribution in [0.2, 0.25) is 0 Å². The Kier molecular flexibility index (Phi) is 22.2. The fourth-order valence-electron chi connectivity index (χ4n) is 1.36. The molecule has 0 saturated heterocycles. The molecule has 0 saturated carbocycles. The summed E-state index contributed by atoms with van der Waals surface area (Å²) in [5.41, 5.74) is 0. The lowest BCUT2D eigenvalue weighted by Gasteiger charge is -2.17. The third-order valence-electron chi connectivity index (χ3n) is 2.57. The van der Waals surface area contributed by atoms with Crippen LogP contribution in [0.4, 0.5) is 0 Å². The van der Waals surface area contributed by atoms with Gasteiger partial charge < -0.3 is 42.0 Å². The highest BCUT2D eigenvalue weighted by Crippen LogP contribution is 2.39. The number of methoxy groups -OCH3 is 3. The lowest BCUT2D eigenvalue weighted by Crippen LogP contribution is -2.12. The van der Waals surface area contributed by atoms with Gasteiger partial charge in [0.2, 0.25) is 0 Å². The van der Waals surface area contributed by atoms with Gasteiger partial charge in [-0.2, -0.15) is 0 Å². The molecule has 152 valence electrons. The van der Waals surface area contributed by atoms with Gasteiger partial charge in [0.25, 0.3) is 0 Å². The van der Waals surface area contributed by atoms with E-state index in [9.17, 15) is 0 Å². The van der Waals surface area contributed by atoms with Crippen LogP contribution in [0.3, 0.4) is 0 Å². The van der Waals surface area contributed by atoms with Crippen LogP contribution in [-0.2, 0) is 42.0 Å². The standard InChI is InChI=1S/C15H33O9P/c1-16-4-7-19-10-13-22-25(23-14-11-20-8-5-17-2)24-15-12-21-9-6-18-3/h4-15H2,1-3H3. The summed E-state index contributed by atoms with van der Waals surface area (Å²) in [6, 6.07) is 0. The Labute approximate surface area is 152 Å². The van der Waals surface area contributed by atoms with Crippen LogP contribution in [0, 0.1) is 0 Å². The molecule has 0 aliphatic rings. The quantitative estimate of drug-likeness (QED) is 0.213. The van der Waals surface area contributed by atoms with Gasteiger partial charge in [-0.1, -0.05) is 0 Å². The third-order valence-corrected chi connectivity index (χ3v) is 3.75. The van der Waals surface area contributed by atoms with Crippen molar-refractivity contribution in [1.82, 2.24) is 0 Å². The lowest BCUT2D eigenvalue weighted by molar-refractivity contribution is 0.0271. The van der Waals surface area contributed by atoms with Gasteiger partial charge in [-0.05, 0) is 0 Å². The molecule has 9 nitrogen and oxygen atoms in total. The zero-order chi connectivity index (χ0) is 18.4. The molecule has 0 aromatic heterocycles. The molecular formula is C15H33O9P. The van der Waals surface area contributed by atoms with Crippen molar-refractivity contribution in [3.05, 3.63) is 0 Å². The van der Waals surface area contributed by atoms with Gasteiger partial charge in [0, 0.05) is 21.3 Å². The number of ether oxygens (including phenoxy) is 6. The van der Waals surface area contributed by atoms with E-state index in [1.54, 1.807) is 21.3 Å². The first kappa shape index (κ1) is 25.1. The summed E-state index contributed by atoms with van der Waals surface area (Å²) in [7, 11) is 3.42. The first-order valence-electron chi connectivity index (χ1n) is 8.24. The molecule has 0 amide bonds. The Balaban J connectivity index is 3.76. The summed E-state index contributed by atoms with van der Waals surface area (Å²) in [4.78, 5) is 0. The van der Waals surface area contributed by atoms with Gasteiger partial charge >= 0.3 is 8.60 Å². The van der Waals surface area contributed by atoms with Crippen LogP contribution in [0.1, 0.15) is 0 Å². The van der Waals surface area contributed by atoms with Crippen molar-refractivity contribution in [2.75, 3.05) is 101 Å². The zero-order valence-corrected chi connectivity index (χ0v) is 16.5. The van der Waals surface area contributed by atoms with Crippen molar-refractivity contribution in [1.29, 1.82) is 0 Å². The fraction of sp³-hybridized carbons (Fsp3) is 1.00. The minimum Gasteiger partial charge on any atom is -0.382 e. The van der Waals surface area contributed by atoms with Crippen LogP contribution in [-0.4, -0.2) is 101 Å². The van der Waals surface area contributed by atoms with Crippen LogP contribution in [0.5, 0.6) is 0 Å². The van der Waals surface area contributed by atoms with Crippen molar-refractivity contribution in [2.24, 2.45) is 0 Å². The maximum atomic E-state index is 5.57. The topological polar surface area (TPSA) is 83.1 Å². The molecule has 0 aliphatic carbocycles. The molecule has 0 radical (unpaired) electrons. The number of hydrogen-bond donors (Lipinski definition) is 0. The van der Waals surface area contributed by atoms with Crippen molar-refractivity contribution in [3.8, 4) is 0 Å². The van der Waals surface area contributed by atoms with Gasteiger partial charge in [0.05, 0.1) is 79.3 Å². The molecule has 0 atom stereocenters. The Morgan fingerprint density at radius 1 is 0.400 bits per heavy atom. The van der Waals surface area contributed by atoms with E-state index in [-0.39, 0.29) is 0 Å². The summed E-state index contributed by atoms with van der Waals surface area (Å²) < 4.78 is 47.4. The molecule has 25 heavy (non-hydrogen) atoms. The largest absolute Gasteiger partial charge is 0.382 e. The average molecular weight is 388 g/mol. The van der Waals surface area contributed by atoms with Crippen LogP contribution >= 0.6 is 8.60 Å². The van der Waals surface area contributed by atoms with Crippen LogP contribution in [0.25, 0.3) is 0 Å². The Morgan fingerprint density at radius 2 is 0.680 bits per heavy atom. The first-order chi connectivity index (χ1) is 12.3. The Bertz CT molecular complexity index is 211. The third kappa shape index (κ3) is 20.2. The molecule has 0 heterocycles. The van der Waals surface area contributed by atoms with Gasteiger partial charge in [-0.3, -0.25) is 0 Å². The van der Waals surface area contributed by atoms with Crippen molar-refractivity contribution < 1.29 is 42.0 Å². The smallest absolute Gasteiger partial charge is 0.332 e. The van der Waals surface area contributed by atoms with Crippen LogP contribution < -0.4 is 0 Å². The van der Waals surface area contributed by atoms with Crippen molar-refractivity contribution >= 4 is 8.60 Å². The molecule has 0 N–H and O–H groups in total. The minimum absolute atomic E-state index is 0.379. The van der Waals surface area contributed by atoms with E-state index < -0.39 is 8.60 Å². The second-order valence-corrected chi connectivity index (χ2v) is 5.76. The molecule has 0 aromatic carbocycles. The number of hydrogen-bond acceptors (Lipinski definition) is 9. The van der Waals surface area contributed by atoms with Crippen LogP contribution in [0.15, 0.2) is 0 Å². The zero-order valence-electron chi connectivity index (χ0n) is 15.6.